The summed E-state index contributed by atoms with van der Waals surface area (Å²) in [6, 6.07) is 2.51. The van der Waals surface area contributed by atoms with E-state index in [4.69, 9.17) is 4.74 Å². The van der Waals surface area contributed by atoms with Gasteiger partial charge in [-0.25, -0.2) is 0 Å². The van der Waals surface area contributed by atoms with Crippen molar-refractivity contribution in [2.24, 2.45) is 13.0 Å². The molecule has 20 heavy (non-hydrogen) atoms. The largest absolute Gasteiger partial charge is 0.377 e. The molecule has 0 aliphatic heterocycles. The van der Waals surface area contributed by atoms with E-state index in [0.717, 1.165) is 31.7 Å². The van der Waals surface area contributed by atoms with Crippen molar-refractivity contribution in [1.82, 2.24) is 15.1 Å². The van der Waals surface area contributed by atoms with Gasteiger partial charge in [0.25, 0.3) is 0 Å². The molecular weight excluding hydrogens is 250 g/mol. The summed E-state index contributed by atoms with van der Waals surface area (Å²) in [5.74, 6) is 0.499. The number of nitrogens with one attached hydrogen (secondary N) is 1. The normalized spacial score (nSPS) is 14.8. The van der Waals surface area contributed by atoms with Crippen molar-refractivity contribution >= 4 is 0 Å². The molecule has 1 heterocycles. The molecule has 0 aliphatic rings. The number of rotatable bonds is 9. The molecule has 4 heteroatoms. The van der Waals surface area contributed by atoms with Gasteiger partial charge in [0.15, 0.2) is 0 Å². The summed E-state index contributed by atoms with van der Waals surface area (Å²) in [4.78, 5) is 0. The first-order valence-electron chi connectivity index (χ1n) is 7.84. The summed E-state index contributed by atoms with van der Waals surface area (Å²) in [7, 11) is 2.02. The zero-order valence-electron chi connectivity index (χ0n) is 13.9. The molecular formula is C16H31N3O. The van der Waals surface area contributed by atoms with Crippen molar-refractivity contribution in [3.8, 4) is 0 Å². The Morgan fingerprint density at radius 1 is 1.35 bits per heavy atom. The molecule has 0 spiro atoms. The van der Waals surface area contributed by atoms with Crippen LogP contribution in [0.25, 0.3) is 0 Å². The first-order chi connectivity index (χ1) is 9.49. The highest BCUT2D eigenvalue weighted by molar-refractivity contribution is 5.10. The fraction of sp³-hybridized carbons (Fsp3) is 0.812. The van der Waals surface area contributed by atoms with Crippen LogP contribution in [0.15, 0.2) is 6.07 Å². The Hall–Kier alpha value is -0.870. The van der Waals surface area contributed by atoms with E-state index < -0.39 is 0 Å². The van der Waals surface area contributed by atoms with Crippen molar-refractivity contribution in [1.29, 1.82) is 0 Å². The lowest BCUT2D eigenvalue weighted by Crippen LogP contribution is -2.46. The second-order valence-corrected chi connectivity index (χ2v) is 5.83. The monoisotopic (exact) mass is 281 g/mol. The number of hydrogen-bond donors (Lipinski definition) is 1. The van der Waals surface area contributed by atoms with E-state index in [1.165, 1.54) is 5.69 Å². The third kappa shape index (κ3) is 4.91. The van der Waals surface area contributed by atoms with E-state index in [1.54, 1.807) is 0 Å². The highest BCUT2D eigenvalue weighted by atomic mass is 16.5. The number of ether oxygens (including phenoxy) is 1. The lowest BCUT2D eigenvalue weighted by Gasteiger charge is -2.31. The van der Waals surface area contributed by atoms with E-state index in [1.807, 2.05) is 18.7 Å². The smallest absolute Gasteiger partial charge is 0.0754 e. The van der Waals surface area contributed by atoms with Gasteiger partial charge in [-0.2, -0.15) is 5.10 Å². The van der Waals surface area contributed by atoms with Crippen LogP contribution in [0.1, 0.15) is 45.5 Å². The minimum absolute atomic E-state index is 0.238. The fourth-order valence-corrected chi connectivity index (χ4v) is 2.68. The van der Waals surface area contributed by atoms with Gasteiger partial charge in [0, 0.05) is 31.8 Å². The molecule has 0 aliphatic carbocycles. The Balaban J connectivity index is 2.84. The summed E-state index contributed by atoms with van der Waals surface area (Å²) in [5.41, 5.74) is 2.34. The molecule has 0 fully saturated rings. The number of aromatic nitrogens is 2. The van der Waals surface area contributed by atoms with Crippen molar-refractivity contribution in [3.05, 3.63) is 17.5 Å². The molecule has 0 amide bonds. The third-order valence-electron chi connectivity index (χ3n) is 3.60. The first kappa shape index (κ1) is 17.2. The summed E-state index contributed by atoms with van der Waals surface area (Å²) in [5, 5.41) is 8.10. The van der Waals surface area contributed by atoms with Gasteiger partial charge >= 0.3 is 0 Å². The predicted molar refractivity (Wildman–Crippen MR) is 84.0 cm³/mol. The Morgan fingerprint density at radius 3 is 2.50 bits per heavy atom. The molecule has 2 unspecified atom stereocenters. The Kier molecular flexibility index (Phi) is 7.24. The SMILES string of the molecule is CCCNC(Cc1cc(C)nn1C)C(OCC)C(C)C. The predicted octanol–water partition coefficient (Wildman–Crippen LogP) is 2.70. The maximum Gasteiger partial charge on any atom is 0.0754 e. The van der Waals surface area contributed by atoms with Crippen LogP contribution >= 0.6 is 0 Å². The van der Waals surface area contributed by atoms with Crippen molar-refractivity contribution < 1.29 is 4.74 Å². The second-order valence-electron chi connectivity index (χ2n) is 5.83. The molecule has 1 aromatic heterocycles. The van der Waals surface area contributed by atoms with Gasteiger partial charge in [-0.3, -0.25) is 4.68 Å². The van der Waals surface area contributed by atoms with E-state index in [-0.39, 0.29) is 6.10 Å². The lowest BCUT2D eigenvalue weighted by molar-refractivity contribution is 0.00323. The van der Waals surface area contributed by atoms with Crippen molar-refractivity contribution in [2.75, 3.05) is 13.2 Å². The fourth-order valence-electron chi connectivity index (χ4n) is 2.68. The maximum absolute atomic E-state index is 5.99. The van der Waals surface area contributed by atoms with Crippen LogP contribution in [0.2, 0.25) is 0 Å². The van der Waals surface area contributed by atoms with Crippen LogP contribution < -0.4 is 5.32 Å². The highest BCUT2D eigenvalue weighted by Gasteiger charge is 2.25. The first-order valence-corrected chi connectivity index (χ1v) is 7.84. The van der Waals surface area contributed by atoms with Crippen LogP contribution in [0, 0.1) is 12.8 Å². The number of aryl methyl sites for hydroxylation is 2. The van der Waals surface area contributed by atoms with Gasteiger partial charge < -0.3 is 10.1 Å². The van der Waals surface area contributed by atoms with E-state index in [9.17, 15) is 0 Å². The standard InChI is InChI=1S/C16H31N3O/c1-7-9-17-15(16(12(3)4)20-8-2)11-14-10-13(5)18-19(14)6/h10,12,15-17H,7-9,11H2,1-6H3. The van der Waals surface area contributed by atoms with Crippen molar-refractivity contribution in [3.63, 3.8) is 0 Å². The number of hydrogen-bond acceptors (Lipinski definition) is 3. The molecule has 1 N–H and O–H groups in total. The summed E-state index contributed by atoms with van der Waals surface area (Å²) < 4.78 is 7.97. The maximum atomic E-state index is 5.99. The van der Waals surface area contributed by atoms with Gasteiger partial charge in [0.05, 0.1) is 11.8 Å². The molecule has 2 atom stereocenters. The minimum atomic E-state index is 0.238. The number of nitrogens with zero attached hydrogens (tertiary/aromatic N) is 2. The van der Waals surface area contributed by atoms with Crippen LogP contribution in [0.5, 0.6) is 0 Å². The van der Waals surface area contributed by atoms with E-state index >= 15 is 0 Å². The second kappa shape index (κ2) is 8.42. The van der Waals surface area contributed by atoms with Crippen LogP contribution in [0.4, 0.5) is 0 Å². The van der Waals surface area contributed by atoms with Gasteiger partial charge in [0.1, 0.15) is 0 Å². The molecule has 0 saturated carbocycles. The average Bonchev–Trinajstić information content (AvgIpc) is 2.70. The van der Waals surface area contributed by atoms with Crippen molar-refractivity contribution in [2.45, 2.75) is 59.6 Å². The molecule has 116 valence electrons. The summed E-state index contributed by atoms with van der Waals surface area (Å²) in [6.45, 7) is 12.6. The van der Waals surface area contributed by atoms with Crippen LogP contribution in [-0.2, 0) is 18.2 Å². The molecule has 4 nitrogen and oxygen atoms in total. The third-order valence-corrected chi connectivity index (χ3v) is 3.60. The molecule has 0 saturated heterocycles. The summed E-state index contributed by atoms with van der Waals surface area (Å²) in [6.07, 6.45) is 2.33. The summed E-state index contributed by atoms with van der Waals surface area (Å²) >= 11 is 0. The van der Waals surface area contributed by atoms with Gasteiger partial charge in [-0.05, 0) is 38.8 Å². The topological polar surface area (TPSA) is 39.1 Å². The highest BCUT2D eigenvalue weighted by Crippen LogP contribution is 2.16. The molecule has 0 radical (unpaired) electrons. The Labute approximate surface area is 123 Å². The molecule has 0 aromatic carbocycles. The zero-order chi connectivity index (χ0) is 15.1. The lowest BCUT2D eigenvalue weighted by atomic mass is 9.95. The average molecular weight is 281 g/mol. The molecule has 1 aromatic rings. The Bertz CT molecular complexity index is 387. The van der Waals surface area contributed by atoms with Crippen LogP contribution in [-0.4, -0.2) is 35.1 Å². The molecule has 0 bridgehead atoms. The Morgan fingerprint density at radius 2 is 2.05 bits per heavy atom. The minimum Gasteiger partial charge on any atom is -0.377 e. The quantitative estimate of drug-likeness (QED) is 0.756. The van der Waals surface area contributed by atoms with Gasteiger partial charge in [-0.1, -0.05) is 20.8 Å². The zero-order valence-corrected chi connectivity index (χ0v) is 13.9. The van der Waals surface area contributed by atoms with Gasteiger partial charge in [0.2, 0.25) is 0 Å². The molecule has 1 rings (SSSR count). The van der Waals surface area contributed by atoms with Gasteiger partial charge in [-0.15, -0.1) is 0 Å². The van der Waals surface area contributed by atoms with E-state index in [0.29, 0.717) is 12.0 Å². The van der Waals surface area contributed by atoms with E-state index in [2.05, 4.69) is 44.2 Å². The van der Waals surface area contributed by atoms with Crippen LogP contribution in [0.3, 0.4) is 0 Å².